The minimum Gasteiger partial charge on any atom is -0.397 e. The van der Waals surface area contributed by atoms with Gasteiger partial charge in [-0.25, -0.2) is 0 Å². The molecule has 0 unspecified atom stereocenters. The van der Waals surface area contributed by atoms with Crippen molar-refractivity contribution in [2.24, 2.45) is 0 Å². The van der Waals surface area contributed by atoms with Crippen LogP contribution in [0.3, 0.4) is 0 Å². The molecular weight excluding hydrogens is 228 g/mol. The molecule has 90 valence electrons. The Hall–Kier alpha value is -2.56. The summed E-state index contributed by atoms with van der Waals surface area (Å²) in [5.74, 6) is -0.188. The molecule has 5 nitrogen and oxygen atoms in total. The van der Waals surface area contributed by atoms with Gasteiger partial charge in [-0.2, -0.15) is 5.10 Å². The number of fused-ring (bicyclic) bond motifs is 1. The summed E-state index contributed by atoms with van der Waals surface area (Å²) in [6, 6.07) is 9.15. The fraction of sp³-hybridized carbons (Fsp3) is 0.0769. The molecule has 0 aliphatic heterocycles. The molecule has 3 N–H and O–H groups in total. The number of benzene rings is 1. The number of aromatic nitrogens is 3. The molecule has 0 saturated heterocycles. The van der Waals surface area contributed by atoms with Crippen molar-refractivity contribution in [3.05, 3.63) is 47.9 Å². The average molecular weight is 240 g/mol. The standard InChI is InChI=1S/C13H12N4O/c1-8-7-11(16-15-8)13(18)17-6-5-9-3-2-4-10(14)12(9)17/h2-7H,14H2,1H3,(H,15,16). The lowest BCUT2D eigenvalue weighted by Crippen LogP contribution is -2.12. The van der Waals surface area contributed by atoms with Crippen molar-refractivity contribution in [3.63, 3.8) is 0 Å². The van der Waals surface area contributed by atoms with Crippen LogP contribution in [-0.4, -0.2) is 20.7 Å². The number of rotatable bonds is 1. The Labute approximate surface area is 103 Å². The summed E-state index contributed by atoms with van der Waals surface area (Å²) in [5.41, 5.74) is 8.46. The number of aryl methyl sites for hydroxylation is 1. The largest absolute Gasteiger partial charge is 0.397 e. The first-order chi connectivity index (χ1) is 8.66. The van der Waals surface area contributed by atoms with E-state index in [1.54, 1.807) is 18.3 Å². The summed E-state index contributed by atoms with van der Waals surface area (Å²) < 4.78 is 1.53. The van der Waals surface area contributed by atoms with E-state index in [9.17, 15) is 4.79 Å². The molecule has 18 heavy (non-hydrogen) atoms. The molecule has 5 heteroatoms. The quantitative estimate of drug-likeness (QED) is 0.638. The van der Waals surface area contributed by atoms with Crippen molar-refractivity contribution in [3.8, 4) is 0 Å². The zero-order valence-electron chi connectivity index (χ0n) is 9.84. The van der Waals surface area contributed by atoms with Gasteiger partial charge < -0.3 is 5.73 Å². The molecule has 0 aliphatic carbocycles. The van der Waals surface area contributed by atoms with Crippen LogP contribution < -0.4 is 5.73 Å². The number of para-hydroxylation sites is 1. The van der Waals surface area contributed by atoms with E-state index in [4.69, 9.17) is 5.73 Å². The van der Waals surface area contributed by atoms with E-state index in [0.717, 1.165) is 16.6 Å². The van der Waals surface area contributed by atoms with Crippen molar-refractivity contribution in [2.75, 3.05) is 5.73 Å². The third-order valence-electron chi connectivity index (χ3n) is 2.89. The third-order valence-corrected chi connectivity index (χ3v) is 2.89. The Morgan fingerprint density at radius 2 is 2.22 bits per heavy atom. The Bertz CT molecular complexity index is 738. The number of aromatic amines is 1. The highest BCUT2D eigenvalue weighted by Gasteiger charge is 2.15. The van der Waals surface area contributed by atoms with Crippen molar-refractivity contribution in [1.29, 1.82) is 0 Å². The molecule has 0 atom stereocenters. The summed E-state index contributed by atoms with van der Waals surface area (Å²) in [4.78, 5) is 12.3. The van der Waals surface area contributed by atoms with Gasteiger partial charge in [-0.15, -0.1) is 0 Å². The first kappa shape index (κ1) is 10.6. The van der Waals surface area contributed by atoms with Crippen molar-refractivity contribution in [1.82, 2.24) is 14.8 Å². The lowest BCUT2D eigenvalue weighted by Gasteiger charge is -2.03. The van der Waals surface area contributed by atoms with Gasteiger partial charge in [0.15, 0.2) is 5.69 Å². The van der Waals surface area contributed by atoms with Gasteiger partial charge in [0.2, 0.25) is 0 Å². The molecule has 2 aromatic heterocycles. The number of anilines is 1. The maximum Gasteiger partial charge on any atom is 0.282 e. The van der Waals surface area contributed by atoms with Gasteiger partial charge in [-0.3, -0.25) is 14.5 Å². The van der Waals surface area contributed by atoms with E-state index >= 15 is 0 Å². The molecule has 0 amide bonds. The van der Waals surface area contributed by atoms with Gasteiger partial charge >= 0.3 is 0 Å². The van der Waals surface area contributed by atoms with E-state index in [0.29, 0.717) is 11.4 Å². The fourth-order valence-electron chi connectivity index (χ4n) is 2.04. The van der Waals surface area contributed by atoms with Crippen molar-refractivity contribution in [2.45, 2.75) is 6.92 Å². The maximum atomic E-state index is 12.3. The lowest BCUT2D eigenvalue weighted by molar-refractivity contribution is 0.0960. The second kappa shape index (κ2) is 3.73. The summed E-state index contributed by atoms with van der Waals surface area (Å²) in [7, 11) is 0. The first-order valence-corrected chi connectivity index (χ1v) is 5.59. The summed E-state index contributed by atoms with van der Waals surface area (Å²) >= 11 is 0. The normalized spacial score (nSPS) is 10.9. The van der Waals surface area contributed by atoms with Gasteiger partial charge in [0.1, 0.15) is 0 Å². The third kappa shape index (κ3) is 1.48. The number of H-pyrrole nitrogens is 1. The summed E-state index contributed by atoms with van der Waals surface area (Å²) in [6.07, 6.45) is 1.72. The molecule has 0 bridgehead atoms. The van der Waals surface area contributed by atoms with Gasteiger partial charge in [0.25, 0.3) is 5.91 Å². The van der Waals surface area contributed by atoms with E-state index in [1.165, 1.54) is 4.57 Å². The smallest absolute Gasteiger partial charge is 0.282 e. The fourth-order valence-corrected chi connectivity index (χ4v) is 2.04. The van der Waals surface area contributed by atoms with Crippen LogP contribution >= 0.6 is 0 Å². The van der Waals surface area contributed by atoms with Gasteiger partial charge in [0.05, 0.1) is 11.2 Å². The van der Waals surface area contributed by atoms with Gasteiger partial charge in [-0.05, 0) is 25.1 Å². The van der Waals surface area contributed by atoms with Crippen LogP contribution in [-0.2, 0) is 0 Å². The number of nitrogens with two attached hydrogens (primary N) is 1. The van der Waals surface area contributed by atoms with E-state index < -0.39 is 0 Å². The van der Waals surface area contributed by atoms with Crippen LogP contribution in [0.25, 0.3) is 10.9 Å². The minimum atomic E-state index is -0.188. The lowest BCUT2D eigenvalue weighted by atomic mass is 10.2. The minimum absolute atomic E-state index is 0.188. The molecule has 0 fully saturated rings. The number of hydrogen-bond acceptors (Lipinski definition) is 3. The van der Waals surface area contributed by atoms with E-state index in [2.05, 4.69) is 10.2 Å². The van der Waals surface area contributed by atoms with Gasteiger partial charge in [-0.1, -0.05) is 12.1 Å². The Balaban J connectivity index is 2.18. The highest BCUT2D eigenvalue weighted by molar-refractivity contribution is 6.04. The maximum absolute atomic E-state index is 12.3. The molecule has 3 rings (SSSR count). The highest BCUT2D eigenvalue weighted by Crippen LogP contribution is 2.22. The monoisotopic (exact) mass is 240 g/mol. The summed E-state index contributed by atoms with van der Waals surface area (Å²) in [6.45, 7) is 1.85. The van der Waals surface area contributed by atoms with Crippen LogP contribution in [0, 0.1) is 6.92 Å². The van der Waals surface area contributed by atoms with Crippen LogP contribution in [0.4, 0.5) is 5.69 Å². The molecule has 0 saturated carbocycles. The first-order valence-electron chi connectivity index (χ1n) is 5.59. The Morgan fingerprint density at radius 3 is 2.94 bits per heavy atom. The predicted molar refractivity (Wildman–Crippen MR) is 69.4 cm³/mol. The molecule has 3 aromatic rings. The van der Waals surface area contributed by atoms with Gasteiger partial charge in [0, 0.05) is 17.3 Å². The number of carbonyl (C=O) groups is 1. The zero-order valence-corrected chi connectivity index (χ0v) is 9.84. The zero-order chi connectivity index (χ0) is 12.7. The number of hydrogen-bond donors (Lipinski definition) is 2. The van der Waals surface area contributed by atoms with Crippen LogP contribution in [0.15, 0.2) is 36.5 Å². The number of nitrogens with zero attached hydrogens (tertiary/aromatic N) is 2. The van der Waals surface area contributed by atoms with Crippen LogP contribution in [0.2, 0.25) is 0 Å². The topological polar surface area (TPSA) is 76.7 Å². The molecule has 2 heterocycles. The Morgan fingerprint density at radius 1 is 1.39 bits per heavy atom. The second-order valence-corrected chi connectivity index (χ2v) is 4.21. The van der Waals surface area contributed by atoms with E-state index in [1.807, 2.05) is 25.1 Å². The van der Waals surface area contributed by atoms with Crippen LogP contribution in [0.5, 0.6) is 0 Å². The highest BCUT2D eigenvalue weighted by atomic mass is 16.2. The predicted octanol–water partition coefficient (Wildman–Crippen LogP) is 1.94. The van der Waals surface area contributed by atoms with E-state index in [-0.39, 0.29) is 5.91 Å². The number of carbonyl (C=O) groups excluding carboxylic acids is 1. The second-order valence-electron chi connectivity index (χ2n) is 4.21. The average Bonchev–Trinajstić information content (AvgIpc) is 2.95. The van der Waals surface area contributed by atoms with Crippen molar-refractivity contribution < 1.29 is 4.79 Å². The molecule has 0 aliphatic rings. The molecule has 1 aromatic carbocycles. The Kier molecular flexibility index (Phi) is 2.19. The van der Waals surface area contributed by atoms with Crippen molar-refractivity contribution >= 4 is 22.5 Å². The molecule has 0 radical (unpaired) electrons. The summed E-state index contributed by atoms with van der Waals surface area (Å²) in [5, 5.41) is 7.67. The number of nitrogens with one attached hydrogen (secondary N) is 1. The van der Waals surface area contributed by atoms with Crippen LogP contribution in [0.1, 0.15) is 16.2 Å². The number of nitrogen functional groups attached to an aromatic ring is 1. The SMILES string of the molecule is Cc1cc(C(=O)n2ccc3cccc(N)c32)n[nH]1. The molecule has 0 spiro atoms. The molecular formula is C13H12N4O.